The molecule has 2 saturated heterocycles. The summed E-state index contributed by atoms with van der Waals surface area (Å²) in [7, 11) is 0. The van der Waals surface area contributed by atoms with Gasteiger partial charge in [-0.2, -0.15) is 14.9 Å². The third kappa shape index (κ3) is 4.00. The second-order valence-corrected chi connectivity index (χ2v) is 9.08. The lowest BCUT2D eigenvalue weighted by Gasteiger charge is -2.41. The molecule has 11 heteroatoms. The highest BCUT2D eigenvalue weighted by Crippen LogP contribution is 2.36. The van der Waals surface area contributed by atoms with Crippen LogP contribution in [-0.4, -0.2) is 62.2 Å². The summed E-state index contributed by atoms with van der Waals surface area (Å²) in [6, 6.07) is 3.86. The summed E-state index contributed by atoms with van der Waals surface area (Å²) in [6.07, 6.45) is 2.57. The van der Waals surface area contributed by atoms with Crippen molar-refractivity contribution in [2.75, 3.05) is 24.6 Å². The molecule has 2 aliphatic heterocycles. The maximum absolute atomic E-state index is 12.9. The van der Waals surface area contributed by atoms with Gasteiger partial charge in [0.25, 0.3) is 0 Å². The van der Waals surface area contributed by atoms with Gasteiger partial charge in [-0.3, -0.25) is 4.90 Å². The minimum Gasteiger partial charge on any atom is -0.449 e. The van der Waals surface area contributed by atoms with Crippen molar-refractivity contribution in [1.29, 1.82) is 0 Å². The molecule has 2 unspecified atom stereocenters. The van der Waals surface area contributed by atoms with Crippen LogP contribution in [0.15, 0.2) is 36.9 Å². The van der Waals surface area contributed by atoms with E-state index in [2.05, 4.69) is 15.1 Å². The number of anilines is 1. The smallest absolute Gasteiger partial charge is 0.449 e. The largest absolute Gasteiger partial charge is 0.504 e. The lowest BCUT2D eigenvalue weighted by atomic mass is 10.1. The zero-order valence-corrected chi connectivity index (χ0v) is 18.4. The standard InChI is InChI=1S/C22H25F3N6O2/c1-14(2)13-33-21(32)31-17-3-4-18(31)12-28(11-17)19-5-6-26-29-9-15(7-20(19)29)16-8-27-30(10-16)22(23,24)25/h5-10,14,17-18H,3-4,11-13H2,1-2H3. The van der Waals surface area contributed by atoms with Crippen molar-refractivity contribution in [2.45, 2.75) is 45.1 Å². The summed E-state index contributed by atoms with van der Waals surface area (Å²) >= 11 is 0. The van der Waals surface area contributed by atoms with E-state index in [4.69, 9.17) is 4.74 Å². The van der Waals surface area contributed by atoms with E-state index in [-0.39, 0.29) is 28.8 Å². The van der Waals surface area contributed by atoms with Crippen LogP contribution in [0.1, 0.15) is 26.7 Å². The Morgan fingerprint density at radius 2 is 1.88 bits per heavy atom. The first kappa shape index (κ1) is 21.6. The molecule has 0 aromatic carbocycles. The number of hydrogen-bond donors (Lipinski definition) is 0. The van der Waals surface area contributed by atoms with E-state index < -0.39 is 6.30 Å². The predicted octanol–water partition coefficient (Wildman–Crippen LogP) is 4.12. The number of aromatic nitrogens is 4. The van der Waals surface area contributed by atoms with E-state index in [0.29, 0.717) is 30.8 Å². The van der Waals surface area contributed by atoms with Gasteiger partial charge in [0.2, 0.25) is 0 Å². The molecule has 2 fully saturated rings. The number of nitrogens with zero attached hydrogens (tertiary/aromatic N) is 6. The number of carbonyl (C=O) groups is 1. The number of rotatable bonds is 4. The Balaban J connectivity index is 1.39. The van der Waals surface area contributed by atoms with E-state index in [1.165, 1.54) is 6.20 Å². The lowest BCUT2D eigenvalue weighted by Crippen LogP contribution is -2.56. The van der Waals surface area contributed by atoms with E-state index in [9.17, 15) is 18.0 Å². The zero-order chi connectivity index (χ0) is 23.3. The molecule has 3 aromatic heterocycles. The van der Waals surface area contributed by atoms with E-state index in [0.717, 1.165) is 30.2 Å². The van der Waals surface area contributed by atoms with Gasteiger partial charge in [-0.15, -0.1) is 13.2 Å². The second-order valence-electron chi connectivity index (χ2n) is 9.08. The number of alkyl halides is 3. The molecule has 2 atom stereocenters. The van der Waals surface area contributed by atoms with Gasteiger partial charge < -0.3 is 9.64 Å². The lowest BCUT2D eigenvalue weighted by molar-refractivity contribution is -0.212. The highest BCUT2D eigenvalue weighted by Gasteiger charge is 2.44. The molecule has 0 N–H and O–H groups in total. The fourth-order valence-electron chi connectivity index (χ4n) is 4.75. The number of amides is 1. The number of piperazine rings is 1. The van der Waals surface area contributed by atoms with Crippen LogP contribution in [-0.2, 0) is 11.0 Å². The predicted molar refractivity (Wildman–Crippen MR) is 115 cm³/mol. The van der Waals surface area contributed by atoms with E-state index in [1.807, 2.05) is 30.9 Å². The summed E-state index contributed by atoms with van der Waals surface area (Å²) in [5, 5.41) is 7.76. The van der Waals surface area contributed by atoms with E-state index in [1.54, 1.807) is 16.9 Å². The van der Waals surface area contributed by atoms with Crippen LogP contribution < -0.4 is 4.90 Å². The van der Waals surface area contributed by atoms with Crippen molar-refractivity contribution in [2.24, 2.45) is 5.92 Å². The maximum atomic E-state index is 12.9. The van der Waals surface area contributed by atoms with Crippen LogP contribution >= 0.6 is 0 Å². The van der Waals surface area contributed by atoms with Crippen LogP contribution in [0, 0.1) is 5.92 Å². The number of ether oxygens (including phenoxy) is 1. The fraction of sp³-hybridized carbons (Fsp3) is 0.500. The molecule has 0 saturated carbocycles. The third-order valence-electron chi connectivity index (χ3n) is 6.24. The van der Waals surface area contributed by atoms with Gasteiger partial charge in [0.05, 0.1) is 36.1 Å². The molecule has 5 rings (SSSR count). The minimum atomic E-state index is -4.56. The van der Waals surface area contributed by atoms with Crippen molar-refractivity contribution < 1.29 is 22.7 Å². The first-order valence-corrected chi connectivity index (χ1v) is 11.0. The molecule has 3 aromatic rings. The Morgan fingerprint density at radius 3 is 2.52 bits per heavy atom. The molecule has 8 nitrogen and oxygen atoms in total. The second kappa shape index (κ2) is 7.96. The monoisotopic (exact) mass is 462 g/mol. The van der Waals surface area contributed by atoms with Crippen LogP contribution in [0.2, 0.25) is 0 Å². The highest BCUT2D eigenvalue weighted by molar-refractivity contribution is 5.80. The molecule has 0 radical (unpaired) electrons. The topological polar surface area (TPSA) is 67.9 Å². The molecule has 33 heavy (non-hydrogen) atoms. The Kier molecular flexibility index (Phi) is 5.21. The normalized spacial score (nSPS) is 20.8. The summed E-state index contributed by atoms with van der Waals surface area (Å²) in [5.41, 5.74) is 2.69. The quantitative estimate of drug-likeness (QED) is 0.584. The Hall–Kier alpha value is -3.24. The van der Waals surface area contributed by atoms with Crippen molar-refractivity contribution >= 4 is 17.3 Å². The molecule has 2 aliphatic rings. The molecule has 1 amide bonds. The average Bonchev–Trinajstić information content (AvgIpc) is 3.47. The molecule has 176 valence electrons. The SMILES string of the molecule is CC(C)COC(=O)N1C2CCC1CN(c1ccnn3cc(-c4cnn(C(F)(F)F)c4)cc13)C2. The van der Waals surface area contributed by atoms with Gasteiger partial charge in [0.1, 0.15) is 0 Å². The van der Waals surface area contributed by atoms with Gasteiger partial charge in [-0.05, 0) is 30.9 Å². The van der Waals surface area contributed by atoms with Gasteiger partial charge in [-0.1, -0.05) is 13.8 Å². The summed E-state index contributed by atoms with van der Waals surface area (Å²) < 4.78 is 45.9. The molecule has 0 aliphatic carbocycles. The molecule has 5 heterocycles. The Bertz CT molecular complexity index is 1160. The van der Waals surface area contributed by atoms with Gasteiger partial charge in [-0.25, -0.2) is 9.31 Å². The Morgan fingerprint density at radius 1 is 1.15 bits per heavy atom. The van der Waals surface area contributed by atoms with Crippen molar-refractivity contribution in [3.63, 3.8) is 0 Å². The highest BCUT2D eigenvalue weighted by atomic mass is 19.4. The fourth-order valence-corrected chi connectivity index (χ4v) is 4.75. The molecular formula is C22H25F3N6O2. The van der Waals surface area contributed by atoms with Crippen LogP contribution in [0.25, 0.3) is 16.6 Å². The average molecular weight is 462 g/mol. The number of carbonyl (C=O) groups excluding carboxylic acids is 1. The maximum Gasteiger partial charge on any atom is 0.504 e. The number of fused-ring (bicyclic) bond motifs is 3. The van der Waals surface area contributed by atoms with E-state index >= 15 is 0 Å². The van der Waals surface area contributed by atoms with Crippen molar-refractivity contribution in [3.05, 3.63) is 36.9 Å². The third-order valence-corrected chi connectivity index (χ3v) is 6.24. The van der Waals surface area contributed by atoms with Gasteiger partial charge >= 0.3 is 12.4 Å². The summed E-state index contributed by atoms with van der Waals surface area (Å²) in [4.78, 5) is 16.7. The number of halogens is 3. The first-order valence-electron chi connectivity index (χ1n) is 11.0. The zero-order valence-electron chi connectivity index (χ0n) is 18.4. The van der Waals surface area contributed by atoms with Crippen molar-refractivity contribution in [1.82, 2.24) is 24.3 Å². The van der Waals surface area contributed by atoms with Crippen LogP contribution in [0.5, 0.6) is 0 Å². The summed E-state index contributed by atoms with van der Waals surface area (Å²) in [6.45, 7) is 5.75. The van der Waals surface area contributed by atoms with Crippen LogP contribution in [0.3, 0.4) is 0 Å². The van der Waals surface area contributed by atoms with Gasteiger partial charge in [0, 0.05) is 42.8 Å². The number of hydrogen-bond acceptors (Lipinski definition) is 5. The van der Waals surface area contributed by atoms with Crippen LogP contribution in [0.4, 0.5) is 23.7 Å². The minimum absolute atomic E-state index is 0.00567. The molecule has 0 spiro atoms. The van der Waals surface area contributed by atoms with Crippen molar-refractivity contribution in [3.8, 4) is 11.1 Å². The summed E-state index contributed by atoms with van der Waals surface area (Å²) in [5.74, 6) is 0.282. The molecule has 2 bridgehead atoms. The first-order chi connectivity index (χ1) is 15.7. The Labute approximate surface area is 188 Å². The van der Waals surface area contributed by atoms with Gasteiger partial charge in [0.15, 0.2) is 0 Å². The molecular weight excluding hydrogens is 437 g/mol.